The topological polar surface area (TPSA) is 88.4 Å². The van der Waals surface area contributed by atoms with Crippen molar-refractivity contribution >= 4 is 27.3 Å². The molecular formula is C22H26ClN5O3S. The van der Waals surface area contributed by atoms with Gasteiger partial charge in [0.05, 0.1) is 23.7 Å². The summed E-state index contributed by atoms with van der Waals surface area (Å²) in [5.74, 6) is 2.96. The van der Waals surface area contributed by atoms with Crippen LogP contribution in [0.2, 0.25) is 5.02 Å². The Morgan fingerprint density at radius 3 is 2.47 bits per heavy atom. The molecule has 32 heavy (non-hydrogen) atoms. The van der Waals surface area contributed by atoms with E-state index in [2.05, 4.69) is 19.7 Å². The predicted molar refractivity (Wildman–Crippen MR) is 119 cm³/mol. The number of nitrogens with zero attached hydrogens (tertiary/aromatic N) is 5. The van der Waals surface area contributed by atoms with Gasteiger partial charge in [-0.1, -0.05) is 11.6 Å². The molecule has 3 fully saturated rings. The molecular weight excluding hydrogens is 450 g/mol. The molecule has 3 aliphatic heterocycles. The Morgan fingerprint density at radius 1 is 1.03 bits per heavy atom. The zero-order valence-corrected chi connectivity index (χ0v) is 19.4. The number of piperidine rings is 1. The molecule has 4 aliphatic rings. The first-order valence-corrected chi connectivity index (χ1v) is 13.5. The molecule has 1 aromatic carbocycles. The molecule has 1 aromatic heterocycles. The molecule has 6 rings (SSSR count). The van der Waals surface area contributed by atoms with E-state index in [4.69, 9.17) is 11.6 Å². The number of benzene rings is 1. The van der Waals surface area contributed by atoms with Crippen LogP contribution in [-0.2, 0) is 27.7 Å². The van der Waals surface area contributed by atoms with Gasteiger partial charge in [0, 0.05) is 42.5 Å². The number of amides is 1. The van der Waals surface area contributed by atoms with Crippen LogP contribution >= 0.6 is 11.6 Å². The Hall–Kier alpha value is -1.97. The van der Waals surface area contributed by atoms with Crippen LogP contribution in [0.4, 0.5) is 0 Å². The predicted octanol–water partition coefficient (Wildman–Crippen LogP) is 2.15. The molecule has 1 saturated carbocycles. The first kappa shape index (κ1) is 20.6. The molecule has 0 atom stereocenters. The summed E-state index contributed by atoms with van der Waals surface area (Å²) in [5, 5.41) is 9.80. The van der Waals surface area contributed by atoms with Crippen molar-refractivity contribution in [3.05, 3.63) is 40.4 Å². The molecule has 4 heterocycles. The molecule has 0 spiro atoms. The second-order valence-corrected chi connectivity index (χ2v) is 12.2. The number of sulfone groups is 1. The van der Waals surface area contributed by atoms with Gasteiger partial charge < -0.3 is 4.90 Å². The second kappa shape index (κ2) is 7.53. The van der Waals surface area contributed by atoms with E-state index in [0.29, 0.717) is 24.0 Å². The Kier molecular flexibility index (Phi) is 4.85. The van der Waals surface area contributed by atoms with Gasteiger partial charge in [0.25, 0.3) is 0 Å². The standard InChI is InChI=1S/C22H26ClN5O3S/c23-17-3-4-19-16(9-17)10-27(18-12-32(30,31)13-18)11-20-24-25-21(28(19)20)14-5-7-26(8-6-14)22(29)15-1-2-15/h3-4,9,14-15,18H,1-2,5-8,10-13H2. The number of rotatable bonds is 3. The van der Waals surface area contributed by atoms with Gasteiger partial charge in [0.1, 0.15) is 5.82 Å². The summed E-state index contributed by atoms with van der Waals surface area (Å²) in [5.41, 5.74) is 2.08. The molecule has 0 unspecified atom stereocenters. The van der Waals surface area contributed by atoms with Crippen molar-refractivity contribution in [2.75, 3.05) is 24.6 Å². The van der Waals surface area contributed by atoms with Gasteiger partial charge in [-0.3, -0.25) is 14.3 Å². The summed E-state index contributed by atoms with van der Waals surface area (Å²) in [6.07, 6.45) is 3.83. The molecule has 8 nitrogen and oxygen atoms in total. The summed E-state index contributed by atoms with van der Waals surface area (Å²) in [6.45, 7) is 2.72. The van der Waals surface area contributed by atoms with Gasteiger partial charge in [0.2, 0.25) is 5.91 Å². The van der Waals surface area contributed by atoms with E-state index in [1.165, 1.54) is 0 Å². The number of hydrogen-bond acceptors (Lipinski definition) is 6. The fraction of sp³-hybridized carbons (Fsp3) is 0.591. The van der Waals surface area contributed by atoms with Crippen LogP contribution in [0, 0.1) is 5.92 Å². The minimum absolute atomic E-state index is 0.00444. The van der Waals surface area contributed by atoms with Gasteiger partial charge in [-0.05, 0) is 49.4 Å². The number of fused-ring (bicyclic) bond motifs is 3. The van der Waals surface area contributed by atoms with Crippen LogP contribution in [0.15, 0.2) is 18.2 Å². The summed E-state index contributed by atoms with van der Waals surface area (Å²) < 4.78 is 25.7. The number of carbonyl (C=O) groups excluding carboxylic acids is 1. The van der Waals surface area contributed by atoms with Crippen molar-refractivity contribution < 1.29 is 13.2 Å². The van der Waals surface area contributed by atoms with Crippen molar-refractivity contribution in [1.29, 1.82) is 0 Å². The van der Waals surface area contributed by atoms with Crippen molar-refractivity contribution in [1.82, 2.24) is 24.6 Å². The zero-order chi connectivity index (χ0) is 22.0. The minimum Gasteiger partial charge on any atom is -0.342 e. The van der Waals surface area contributed by atoms with Crippen molar-refractivity contribution in [3.8, 4) is 5.69 Å². The average Bonchev–Trinajstić information content (AvgIpc) is 3.54. The highest BCUT2D eigenvalue weighted by molar-refractivity contribution is 7.92. The molecule has 0 N–H and O–H groups in total. The van der Waals surface area contributed by atoms with Gasteiger partial charge >= 0.3 is 0 Å². The van der Waals surface area contributed by atoms with Crippen molar-refractivity contribution in [3.63, 3.8) is 0 Å². The van der Waals surface area contributed by atoms with E-state index in [1.54, 1.807) is 0 Å². The monoisotopic (exact) mass is 475 g/mol. The lowest BCUT2D eigenvalue weighted by Gasteiger charge is -2.35. The van der Waals surface area contributed by atoms with Crippen molar-refractivity contribution in [2.45, 2.75) is 50.7 Å². The second-order valence-electron chi connectivity index (χ2n) is 9.59. The Labute approximate surface area is 192 Å². The highest BCUT2D eigenvalue weighted by Crippen LogP contribution is 2.37. The van der Waals surface area contributed by atoms with E-state index in [1.807, 2.05) is 23.1 Å². The fourth-order valence-corrected chi connectivity index (χ4v) is 6.96. The smallest absolute Gasteiger partial charge is 0.225 e. The summed E-state index contributed by atoms with van der Waals surface area (Å²) in [6, 6.07) is 5.86. The average molecular weight is 476 g/mol. The summed E-state index contributed by atoms with van der Waals surface area (Å²) in [4.78, 5) is 16.6. The van der Waals surface area contributed by atoms with Crippen LogP contribution in [0.5, 0.6) is 0 Å². The maximum Gasteiger partial charge on any atom is 0.225 e. The number of likely N-dealkylation sites (tertiary alicyclic amines) is 1. The number of halogens is 1. The third kappa shape index (κ3) is 3.64. The van der Waals surface area contributed by atoms with Gasteiger partial charge in [-0.2, -0.15) is 0 Å². The highest BCUT2D eigenvalue weighted by Gasteiger charge is 2.40. The minimum atomic E-state index is -2.92. The first-order chi connectivity index (χ1) is 15.4. The SMILES string of the molecule is O=C(C1CC1)N1CCC(c2nnc3n2-c2ccc(Cl)cc2CN(C2CS(=O)(=O)C2)C3)CC1. The maximum atomic E-state index is 12.4. The largest absolute Gasteiger partial charge is 0.342 e. The molecule has 0 bridgehead atoms. The number of hydrogen-bond donors (Lipinski definition) is 0. The Morgan fingerprint density at radius 2 is 1.78 bits per heavy atom. The third-order valence-electron chi connectivity index (χ3n) is 7.26. The van der Waals surface area contributed by atoms with Crippen LogP contribution in [-0.4, -0.2) is 69.5 Å². The van der Waals surface area contributed by atoms with Crippen LogP contribution < -0.4 is 0 Å². The molecule has 2 saturated heterocycles. The quantitative estimate of drug-likeness (QED) is 0.675. The van der Waals surface area contributed by atoms with Crippen LogP contribution in [0.1, 0.15) is 48.8 Å². The van der Waals surface area contributed by atoms with Gasteiger partial charge in [0.15, 0.2) is 15.7 Å². The highest BCUT2D eigenvalue weighted by atomic mass is 35.5. The Balaban J connectivity index is 1.30. The zero-order valence-electron chi connectivity index (χ0n) is 17.8. The lowest BCUT2D eigenvalue weighted by molar-refractivity contribution is -0.133. The van der Waals surface area contributed by atoms with Gasteiger partial charge in [-0.25, -0.2) is 8.42 Å². The Bertz CT molecular complexity index is 1170. The molecule has 2 aromatic rings. The lowest BCUT2D eigenvalue weighted by Crippen LogP contribution is -2.52. The molecule has 0 radical (unpaired) electrons. The van der Waals surface area contributed by atoms with E-state index in [-0.39, 0.29) is 29.4 Å². The number of carbonyl (C=O) groups is 1. The fourth-order valence-electron chi connectivity index (χ4n) is 5.27. The maximum absolute atomic E-state index is 12.4. The summed E-state index contributed by atoms with van der Waals surface area (Å²) in [7, 11) is -2.92. The first-order valence-electron chi connectivity index (χ1n) is 11.3. The lowest BCUT2D eigenvalue weighted by atomic mass is 9.95. The van der Waals surface area contributed by atoms with E-state index in [9.17, 15) is 13.2 Å². The normalized spacial score (nSPS) is 23.8. The molecule has 170 valence electrons. The molecule has 1 amide bonds. The van der Waals surface area contributed by atoms with Crippen LogP contribution in [0.25, 0.3) is 5.69 Å². The molecule has 1 aliphatic carbocycles. The number of aromatic nitrogens is 3. The van der Waals surface area contributed by atoms with Gasteiger partial charge in [-0.15, -0.1) is 10.2 Å². The van der Waals surface area contributed by atoms with E-state index in [0.717, 1.165) is 61.7 Å². The van der Waals surface area contributed by atoms with Crippen LogP contribution in [0.3, 0.4) is 0 Å². The molecule has 10 heteroatoms. The van der Waals surface area contributed by atoms with E-state index >= 15 is 0 Å². The third-order valence-corrected chi connectivity index (χ3v) is 9.28. The summed E-state index contributed by atoms with van der Waals surface area (Å²) >= 11 is 6.32. The van der Waals surface area contributed by atoms with E-state index < -0.39 is 9.84 Å². The van der Waals surface area contributed by atoms with Crippen molar-refractivity contribution in [2.24, 2.45) is 5.92 Å².